The summed E-state index contributed by atoms with van der Waals surface area (Å²) in [5.41, 5.74) is 1.66. The average molecular weight is 193 g/mol. The molecule has 0 radical (unpaired) electrons. The number of nitrogens with zero attached hydrogens (tertiary/aromatic N) is 1. The van der Waals surface area contributed by atoms with Crippen molar-refractivity contribution in [2.75, 3.05) is 7.11 Å². The second-order valence-electron chi connectivity index (χ2n) is 3.39. The lowest BCUT2D eigenvalue weighted by Gasteiger charge is -2.03. The first-order chi connectivity index (χ1) is 6.63. The Balaban J connectivity index is 2.83. The molecule has 0 bridgehead atoms. The van der Waals surface area contributed by atoms with Gasteiger partial charge in [-0.25, -0.2) is 4.39 Å². The van der Waals surface area contributed by atoms with Gasteiger partial charge in [0.1, 0.15) is 5.75 Å². The molecule has 1 aromatic carbocycles. The van der Waals surface area contributed by atoms with E-state index in [0.717, 1.165) is 11.1 Å². The Kier molecular flexibility index (Phi) is 1.95. The predicted octanol–water partition coefficient (Wildman–Crippen LogP) is 2.63. The monoisotopic (exact) mass is 193 g/mol. The van der Waals surface area contributed by atoms with Crippen LogP contribution in [0.2, 0.25) is 0 Å². The maximum absolute atomic E-state index is 13.6. The van der Waals surface area contributed by atoms with Crippen LogP contribution in [0.3, 0.4) is 0 Å². The van der Waals surface area contributed by atoms with Gasteiger partial charge in [0.15, 0.2) is 5.82 Å². The van der Waals surface area contributed by atoms with E-state index < -0.39 is 0 Å². The molecule has 0 aliphatic heterocycles. The van der Waals surface area contributed by atoms with Crippen LogP contribution >= 0.6 is 0 Å². The Morgan fingerprint density at radius 3 is 2.64 bits per heavy atom. The summed E-state index contributed by atoms with van der Waals surface area (Å²) < 4.78 is 20.4. The summed E-state index contributed by atoms with van der Waals surface area (Å²) in [6.45, 7) is 1.95. The minimum absolute atomic E-state index is 0.241. The summed E-state index contributed by atoms with van der Waals surface area (Å²) in [6.07, 6.45) is 0. The topological polar surface area (TPSA) is 14.2 Å². The van der Waals surface area contributed by atoms with Crippen molar-refractivity contribution in [2.45, 2.75) is 6.92 Å². The third-order valence-electron chi connectivity index (χ3n) is 2.53. The van der Waals surface area contributed by atoms with Crippen LogP contribution in [0.15, 0.2) is 18.2 Å². The second kappa shape index (κ2) is 3.01. The highest BCUT2D eigenvalue weighted by atomic mass is 19.1. The summed E-state index contributed by atoms with van der Waals surface area (Å²) >= 11 is 0. The minimum atomic E-state index is -0.241. The normalized spacial score (nSPS) is 10.9. The quantitative estimate of drug-likeness (QED) is 0.679. The first kappa shape index (κ1) is 9.06. The smallest absolute Gasteiger partial charge is 0.151 e. The Hall–Kier alpha value is -1.51. The summed E-state index contributed by atoms with van der Waals surface area (Å²) in [4.78, 5) is 0. The zero-order chi connectivity index (χ0) is 10.3. The highest BCUT2D eigenvalue weighted by molar-refractivity contribution is 5.83. The van der Waals surface area contributed by atoms with Gasteiger partial charge < -0.3 is 9.30 Å². The molecule has 0 aliphatic rings. The predicted molar refractivity (Wildman–Crippen MR) is 54.2 cm³/mol. The molecule has 2 nitrogen and oxygen atoms in total. The van der Waals surface area contributed by atoms with Crippen molar-refractivity contribution < 1.29 is 9.13 Å². The van der Waals surface area contributed by atoms with E-state index in [-0.39, 0.29) is 5.82 Å². The van der Waals surface area contributed by atoms with E-state index in [1.54, 1.807) is 0 Å². The fourth-order valence-corrected chi connectivity index (χ4v) is 1.67. The van der Waals surface area contributed by atoms with Crippen LogP contribution in [0.25, 0.3) is 10.9 Å². The zero-order valence-electron chi connectivity index (χ0n) is 8.47. The van der Waals surface area contributed by atoms with E-state index in [9.17, 15) is 4.39 Å². The van der Waals surface area contributed by atoms with E-state index in [1.807, 2.05) is 30.7 Å². The highest BCUT2D eigenvalue weighted by Gasteiger charge is 2.09. The lowest BCUT2D eigenvalue weighted by molar-refractivity contribution is 0.412. The van der Waals surface area contributed by atoms with Gasteiger partial charge in [0.05, 0.1) is 12.6 Å². The van der Waals surface area contributed by atoms with Gasteiger partial charge in [0.2, 0.25) is 0 Å². The van der Waals surface area contributed by atoms with E-state index in [2.05, 4.69) is 0 Å². The molecule has 1 heterocycles. The van der Waals surface area contributed by atoms with Crippen molar-refractivity contribution >= 4 is 10.9 Å². The summed E-state index contributed by atoms with van der Waals surface area (Å²) in [7, 11) is 3.39. The molecule has 0 spiro atoms. The zero-order valence-corrected chi connectivity index (χ0v) is 8.47. The second-order valence-corrected chi connectivity index (χ2v) is 3.39. The molecule has 2 aromatic rings. The Bertz CT molecular complexity index is 487. The molecule has 0 amide bonds. The third kappa shape index (κ3) is 1.16. The van der Waals surface area contributed by atoms with Gasteiger partial charge in [-0.3, -0.25) is 0 Å². The summed E-state index contributed by atoms with van der Waals surface area (Å²) in [5, 5.41) is 0.877. The molecule has 0 saturated heterocycles. The lowest BCUT2D eigenvalue weighted by atomic mass is 10.2. The van der Waals surface area contributed by atoms with E-state index in [1.165, 1.54) is 13.2 Å². The van der Waals surface area contributed by atoms with Crippen LogP contribution in [0.1, 0.15) is 5.69 Å². The lowest BCUT2D eigenvalue weighted by Crippen LogP contribution is -1.93. The highest BCUT2D eigenvalue weighted by Crippen LogP contribution is 2.26. The molecule has 2 rings (SSSR count). The molecule has 14 heavy (non-hydrogen) atoms. The third-order valence-corrected chi connectivity index (χ3v) is 2.53. The number of hydrogen-bond acceptors (Lipinski definition) is 1. The minimum Gasteiger partial charge on any atom is -0.497 e. The Labute approximate surface area is 81.9 Å². The van der Waals surface area contributed by atoms with Crippen LogP contribution in [0.5, 0.6) is 5.75 Å². The number of fused-ring (bicyclic) bond motifs is 1. The number of hydrogen-bond donors (Lipinski definition) is 0. The maximum Gasteiger partial charge on any atom is 0.151 e. The Morgan fingerprint density at radius 1 is 1.29 bits per heavy atom. The number of aromatic nitrogens is 1. The van der Waals surface area contributed by atoms with Crippen molar-refractivity contribution in [3.05, 3.63) is 29.7 Å². The maximum atomic E-state index is 13.6. The van der Waals surface area contributed by atoms with Crippen LogP contribution < -0.4 is 4.74 Å². The number of benzene rings is 1. The number of methoxy groups -OCH3 is 1. The number of ether oxygens (including phenoxy) is 1. The van der Waals surface area contributed by atoms with E-state index in [0.29, 0.717) is 11.3 Å². The summed E-state index contributed by atoms with van der Waals surface area (Å²) in [5.74, 6) is 0.315. The molecule has 74 valence electrons. The van der Waals surface area contributed by atoms with Gasteiger partial charge in [-0.05, 0) is 19.1 Å². The van der Waals surface area contributed by atoms with Gasteiger partial charge in [0.25, 0.3) is 0 Å². The van der Waals surface area contributed by atoms with Crippen LogP contribution in [0, 0.1) is 12.7 Å². The Morgan fingerprint density at radius 2 is 2.00 bits per heavy atom. The van der Waals surface area contributed by atoms with E-state index >= 15 is 0 Å². The van der Waals surface area contributed by atoms with E-state index in [4.69, 9.17) is 4.74 Å². The largest absolute Gasteiger partial charge is 0.497 e. The molecular formula is C11H12FNO. The van der Waals surface area contributed by atoms with Crippen molar-refractivity contribution in [1.82, 2.24) is 4.57 Å². The van der Waals surface area contributed by atoms with Crippen molar-refractivity contribution in [3.8, 4) is 5.75 Å². The van der Waals surface area contributed by atoms with Crippen LogP contribution in [-0.4, -0.2) is 11.7 Å². The molecule has 0 N–H and O–H groups in total. The fraction of sp³-hybridized carbons (Fsp3) is 0.273. The standard InChI is InChI=1S/C11H12FNO/c1-7-4-8-5-9(14-3)6-10(12)11(8)13(7)2/h4-6H,1-3H3. The van der Waals surface area contributed by atoms with Crippen LogP contribution in [-0.2, 0) is 7.05 Å². The molecule has 0 saturated carbocycles. The van der Waals surface area contributed by atoms with Crippen molar-refractivity contribution in [1.29, 1.82) is 0 Å². The van der Waals surface area contributed by atoms with Gasteiger partial charge in [-0.15, -0.1) is 0 Å². The van der Waals surface area contributed by atoms with Crippen molar-refractivity contribution in [3.63, 3.8) is 0 Å². The number of aryl methyl sites for hydroxylation is 2. The number of rotatable bonds is 1. The summed E-state index contributed by atoms with van der Waals surface area (Å²) in [6, 6.07) is 5.19. The molecule has 0 atom stereocenters. The van der Waals surface area contributed by atoms with Gasteiger partial charge >= 0.3 is 0 Å². The average Bonchev–Trinajstić information content (AvgIpc) is 2.43. The molecule has 0 unspecified atom stereocenters. The van der Waals surface area contributed by atoms with Gasteiger partial charge in [0, 0.05) is 24.2 Å². The first-order valence-corrected chi connectivity index (χ1v) is 4.43. The molecule has 0 aliphatic carbocycles. The SMILES string of the molecule is COc1cc(F)c2c(c1)cc(C)n2C. The number of halogens is 1. The van der Waals surface area contributed by atoms with Gasteiger partial charge in [-0.2, -0.15) is 0 Å². The first-order valence-electron chi connectivity index (χ1n) is 4.43. The molecule has 0 fully saturated rings. The molecule has 3 heteroatoms. The fourth-order valence-electron chi connectivity index (χ4n) is 1.67. The molecule has 1 aromatic heterocycles. The molecular weight excluding hydrogens is 181 g/mol. The van der Waals surface area contributed by atoms with Crippen molar-refractivity contribution in [2.24, 2.45) is 7.05 Å². The van der Waals surface area contributed by atoms with Gasteiger partial charge in [-0.1, -0.05) is 0 Å². The van der Waals surface area contributed by atoms with Crippen LogP contribution in [0.4, 0.5) is 4.39 Å².